The first-order chi connectivity index (χ1) is 11.3. The van der Waals surface area contributed by atoms with Gasteiger partial charge in [-0.15, -0.1) is 0 Å². The zero-order valence-electron chi connectivity index (χ0n) is 12.6. The highest BCUT2D eigenvalue weighted by molar-refractivity contribution is 5.97. The van der Waals surface area contributed by atoms with Crippen molar-refractivity contribution in [3.05, 3.63) is 90.3 Å². The van der Waals surface area contributed by atoms with Crippen LogP contribution in [0.3, 0.4) is 0 Å². The molecule has 4 nitrogen and oxygen atoms in total. The fourth-order valence-corrected chi connectivity index (χ4v) is 2.32. The molecular weight excluding hydrogens is 286 g/mol. The van der Waals surface area contributed by atoms with Gasteiger partial charge in [0.05, 0.1) is 11.3 Å². The van der Waals surface area contributed by atoms with Gasteiger partial charge in [-0.3, -0.25) is 4.79 Å². The van der Waals surface area contributed by atoms with Crippen LogP contribution < -0.4 is 5.43 Å². The second-order valence-electron chi connectivity index (χ2n) is 5.05. The molecule has 0 radical (unpaired) electrons. The number of carbonyl (C=O) groups is 1. The largest absolute Gasteiger partial charge is 0.323 e. The van der Waals surface area contributed by atoms with E-state index in [1.165, 1.54) is 0 Å². The Morgan fingerprint density at radius 2 is 1.65 bits per heavy atom. The SMILES string of the molecule is O=C(N/N=C/Cc1ccccc1)c1ccccc1-n1cccc1. The van der Waals surface area contributed by atoms with Crippen LogP contribution in [0.2, 0.25) is 0 Å². The van der Waals surface area contributed by atoms with E-state index >= 15 is 0 Å². The molecule has 23 heavy (non-hydrogen) atoms. The molecule has 1 N–H and O–H groups in total. The standard InChI is InChI=1S/C19H17N3O/c23-19(21-20-13-12-16-8-2-1-3-9-16)17-10-4-5-11-18(17)22-14-6-7-15-22/h1-11,13-15H,12H2,(H,21,23)/b20-13+. The van der Waals surface area contributed by atoms with E-state index in [4.69, 9.17) is 0 Å². The van der Waals surface area contributed by atoms with Crippen molar-refractivity contribution >= 4 is 12.1 Å². The minimum absolute atomic E-state index is 0.224. The van der Waals surface area contributed by atoms with Crippen LogP contribution in [0.25, 0.3) is 5.69 Å². The summed E-state index contributed by atoms with van der Waals surface area (Å²) in [5, 5.41) is 4.03. The summed E-state index contributed by atoms with van der Waals surface area (Å²) in [6.07, 6.45) is 6.20. The van der Waals surface area contributed by atoms with Gasteiger partial charge >= 0.3 is 0 Å². The van der Waals surface area contributed by atoms with Crippen molar-refractivity contribution < 1.29 is 4.79 Å². The molecule has 0 saturated carbocycles. The normalized spacial score (nSPS) is 10.8. The number of rotatable bonds is 5. The van der Waals surface area contributed by atoms with Gasteiger partial charge in [0.25, 0.3) is 5.91 Å². The summed E-state index contributed by atoms with van der Waals surface area (Å²) in [4.78, 5) is 12.3. The first-order valence-electron chi connectivity index (χ1n) is 7.43. The third-order valence-electron chi connectivity index (χ3n) is 3.46. The lowest BCUT2D eigenvalue weighted by Crippen LogP contribution is -2.19. The minimum Gasteiger partial charge on any atom is -0.323 e. The number of nitrogens with zero attached hydrogens (tertiary/aromatic N) is 2. The second-order valence-corrected chi connectivity index (χ2v) is 5.05. The van der Waals surface area contributed by atoms with Crippen LogP contribution in [0.5, 0.6) is 0 Å². The number of benzene rings is 2. The Bertz CT molecular complexity index is 793. The van der Waals surface area contributed by atoms with Gasteiger partial charge in [0, 0.05) is 25.0 Å². The highest BCUT2D eigenvalue weighted by Gasteiger charge is 2.10. The molecule has 1 heterocycles. The van der Waals surface area contributed by atoms with Gasteiger partial charge in [0.1, 0.15) is 0 Å². The van der Waals surface area contributed by atoms with Gasteiger partial charge in [-0.2, -0.15) is 5.10 Å². The zero-order valence-corrected chi connectivity index (χ0v) is 12.6. The predicted octanol–water partition coefficient (Wildman–Crippen LogP) is 3.44. The second kappa shape index (κ2) is 7.22. The van der Waals surface area contributed by atoms with Crippen molar-refractivity contribution in [1.29, 1.82) is 0 Å². The molecule has 0 atom stereocenters. The Kier molecular flexibility index (Phi) is 4.64. The molecule has 0 bridgehead atoms. The fourth-order valence-electron chi connectivity index (χ4n) is 2.32. The maximum Gasteiger partial charge on any atom is 0.273 e. The molecule has 4 heteroatoms. The van der Waals surface area contributed by atoms with Crippen LogP contribution >= 0.6 is 0 Å². The lowest BCUT2D eigenvalue weighted by atomic mass is 10.1. The maximum atomic E-state index is 12.3. The zero-order chi connectivity index (χ0) is 15.9. The van der Waals surface area contributed by atoms with Crippen molar-refractivity contribution in [2.75, 3.05) is 0 Å². The smallest absolute Gasteiger partial charge is 0.273 e. The molecule has 0 unspecified atom stereocenters. The monoisotopic (exact) mass is 303 g/mol. The molecule has 1 amide bonds. The summed E-state index contributed by atoms with van der Waals surface area (Å²) >= 11 is 0. The molecular formula is C19H17N3O. The Labute approximate surface area is 135 Å². The highest BCUT2D eigenvalue weighted by Crippen LogP contribution is 2.14. The molecule has 3 aromatic rings. The van der Waals surface area contributed by atoms with Crippen LogP contribution in [0.1, 0.15) is 15.9 Å². The Morgan fingerprint density at radius 1 is 0.957 bits per heavy atom. The Hall–Kier alpha value is -3.14. The lowest BCUT2D eigenvalue weighted by Gasteiger charge is -2.08. The molecule has 0 spiro atoms. The predicted molar refractivity (Wildman–Crippen MR) is 91.9 cm³/mol. The number of para-hydroxylation sites is 1. The quantitative estimate of drug-likeness (QED) is 0.569. The number of hydrogen-bond donors (Lipinski definition) is 1. The van der Waals surface area contributed by atoms with E-state index in [0.29, 0.717) is 12.0 Å². The van der Waals surface area contributed by atoms with Crippen molar-refractivity contribution in [1.82, 2.24) is 9.99 Å². The van der Waals surface area contributed by atoms with E-state index in [9.17, 15) is 4.79 Å². The summed E-state index contributed by atoms with van der Waals surface area (Å²) in [7, 11) is 0. The average molecular weight is 303 g/mol. The Morgan fingerprint density at radius 3 is 2.43 bits per heavy atom. The van der Waals surface area contributed by atoms with Gasteiger partial charge in [-0.05, 0) is 29.8 Å². The van der Waals surface area contributed by atoms with Crippen molar-refractivity contribution in [2.24, 2.45) is 5.10 Å². The molecule has 114 valence electrons. The molecule has 0 fully saturated rings. The third kappa shape index (κ3) is 3.74. The van der Waals surface area contributed by atoms with E-state index in [1.54, 1.807) is 12.3 Å². The van der Waals surface area contributed by atoms with Gasteiger partial charge in [0.15, 0.2) is 0 Å². The van der Waals surface area contributed by atoms with Crippen molar-refractivity contribution in [3.8, 4) is 5.69 Å². The van der Waals surface area contributed by atoms with Crippen LogP contribution in [0.15, 0.2) is 84.2 Å². The van der Waals surface area contributed by atoms with Gasteiger partial charge in [-0.1, -0.05) is 42.5 Å². The summed E-state index contributed by atoms with van der Waals surface area (Å²) in [6, 6.07) is 21.3. The lowest BCUT2D eigenvalue weighted by molar-refractivity contribution is 0.0955. The summed E-state index contributed by atoms with van der Waals surface area (Å²) in [5.74, 6) is -0.224. The fraction of sp³-hybridized carbons (Fsp3) is 0.0526. The van der Waals surface area contributed by atoms with E-state index in [2.05, 4.69) is 10.5 Å². The van der Waals surface area contributed by atoms with Gasteiger partial charge < -0.3 is 4.57 Å². The number of aromatic nitrogens is 1. The molecule has 0 aliphatic carbocycles. The van der Waals surface area contributed by atoms with E-state index in [-0.39, 0.29) is 5.91 Å². The van der Waals surface area contributed by atoms with Gasteiger partial charge in [-0.25, -0.2) is 5.43 Å². The summed E-state index contributed by atoms with van der Waals surface area (Å²) < 4.78 is 1.91. The van der Waals surface area contributed by atoms with Crippen molar-refractivity contribution in [3.63, 3.8) is 0 Å². The summed E-state index contributed by atoms with van der Waals surface area (Å²) in [5.41, 5.74) is 5.15. The molecule has 0 saturated heterocycles. The minimum atomic E-state index is -0.224. The first-order valence-corrected chi connectivity index (χ1v) is 7.43. The Balaban J connectivity index is 1.67. The number of amides is 1. The van der Waals surface area contributed by atoms with E-state index in [1.807, 2.05) is 77.6 Å². The van der Waals surface area contributed by atoms with Crippen LogP contribution in [0, 0.1) is 0 Å². The van der Waals surface area contributed by atoms with Crippen molar-refractivity contribution in [2.45, 2.75) is 6.42 Å². The molecule has 1 aromatic heterocycles. The summed E-state index contributed by atoms with van der Waals surface area (Å²) in [6.45, 7) is 0. The number of nitrogens with one attached hydrogen (secondary N) is 1. The number of hydrazone groups is 1. The third-order valence-corrected chi connectivity index (χ3v) is 3.46. The van der Waals surface area contributed by atoms with Gasteiger partial charge in [0.2, 0.25) is 0 Å². The molecule has 2 aromatic carbocycles. The topological polar surface area (TPSA) is 46.4 Å². The number of carbonyl (C=O) groups excluding carboxylic acids is 1. The molecule has 0 aliphatic heterocycles. The maximum absolute atomic E-state index is 12.3. The van der Waals surface area contributed by atoms with E-state index < -0.39 is 0 Å². The van der Waals surface area contributed by atoms with E-state index in [0.717, 1.165) is 11.3 Å². The van der Waals surface area contributed by atoms with Crippen LogP contribution in [-0.2, 0) is 6.42 Å². The average Bonchev–Trinajstić information content (AvgIpc) is 3.14. The molecule has 0 aliphatic rings. The number of hydrogen-bond acceptors (Lipinski definition) is 2. The highest BCUT2D eigenvalue weighted by atomic mass is 16.2. The molecule has 3 rings (SSSR count). The van der Waals surface area contributed by atoms with Crippen LogP contribution in [0.4, 0.5) is 0 Å². The first kappa shape index (κ1) is 14.8. The van der Waals surface area contributed by atoms with Crippen LogP contribution in [-0.4, -0.2) is 16.7 Å².